The number of hydrogen-bond acceptors (Lipinski definition) is 3. The topological polar surface area (TPSA) is 91.0 Å². The van der Waals surface area contributed by atoms with Gasteiger partial charge in [0.2, 0.25) is 5.91 Å². The Hall–Kier alpha value is -1.52. The van der Waals surface area contributed by atoms with Crippen LogP contribution in [0, 0.1) is 5.41 Å². The lowest BCUT2D eigenvalue weighted by Gasteiger charge is -1.97. The van der Waals surface area contributed by atoms with Crippen LogP contribution in [-0.4, -0.2) is 25.3 Å². The number of nitrogens with one attached hydrogen (secondary N) is 3. The second-order valence-corrected chi connectivity index (χ2v) is 1.84. The minimum Gasteiger partial charge on any atom is -0.384 e. The highest BCUT2D eigenvalue weighted by molar-refractivity contribution is 5.88. The van der Waals surface area contributed by atoms with Crippen molar-refractivity contribution in [3.8, 4) is 0 Å². The molecule has 0 aromatic rings. The Morgan fingerprint density at radius 2 is 2.36 bits per heavy atom. The summed E-state index contributed by atoms with van der Waals surface area (Å²) in [5.41, 5.74) is 5.00. The van der Waals surface area contributed by atoms with E-state index in [0.717, 1.165) is 0 Å². The summed E-state index contributed by atoms with van der Waals surface area (Å²) in [6, 6.07) is 0. The average Bonchev–Trinajstić information content (AvgIpc) is 1.97. The minimum absolute atomic E-state index is 0.0468. The summed E-state index contributed by atoms with van der Waals surface area (Å²) < 4.78 is 0. The molecule has 62 valence electrons. The van der Waals surface area contributed by atoms with Gasteiger partial charge in [-0.2, -0.15) is 0 Å². The first-order valence-electron chi connectivity index (χ1n) is 3.11. The van der Waals surface area contributed by atoms with E-state index >= 15 is 0 Å². The molecule has 5 N–H and O–H groups in total. The largest absolute Gasteiger partial charge is 0.384 e. The van der Waals surface area contributed by atoms with Gasteiger partial charge in [-0.3, -0.25) is 10.2 Å². The zero-order valence-electron chi connectivity index (χ0n) is 6.35. The van der Waals surface area contributed by atoms with Crippen LogP contribution >= 0.6 is 0 Å². The molecule has 0 rings (SSSR count). The van der Waals surface area contributed by atoms with Crippen LogP contribution in [0.25, 0.3) is 0 Å². The number of likely N-dealkylation sites (N-methyl/N-ethyl adjacent to an activating group) is 1. The van der Waals surface area contributed by atoms with E-state index in [1.54, 1.807) is 7.05 Å². The van der Waals surface area contributed by atoms with Crippen molar-refractivity contribution < 1.29 is 4.79 Å². The van der Waals surface area contributed by atoms with Gasteiger partial charge < -0.3 is 16.4 Å². The second kappa shape index (κ2) is 5.28. The Kier molecular flexibility index (Phi) is 4.55. The predicted molar refractivity (Wildman–Crippen MR) is 43.1 cm³/mol. The van der Waals surface area contributed by atoms with E-state index in [0.29, 0.717) is 0 Å². The highest BCUT2D eigenvalue weighted by Gasteiger charge is 1.91. The van der Waals surface area contributed by atoms with Crippen LogP contribution in [-0.2, 0) is 4.79 Å². The number of rotatable bonds is 4. The van der Waals surface area contributed by atoms with Crippen molar-refractivity contribution in [2.24, 2.45) is 5.73 Å². The molecule has 5 heteroatoms. The monoisotopic (exact) mass is 156 g/mol. The maximum Gasteiger partial charge on any atom is 0.239 e. The van der Waals surface area contributed by atoms with E-state index in [9.17, 15) is 4.79 Å². The number of carbonyl (C=O) groups excluding carboxylic acids is 1. The zero-order valence-corrected chi connectivity index (χ0v) is 6.35. The Morgan fingerprint density at radius 1 is 1.73 bits per heavy atom. The molecule has 1 amide bonds. The maximum atomic E-state index is 10.6. The molecule has 11 heavy (non-hydrogen) atoms. The van der Waals surface area contributed by atoms with Gasteiger partial charge in [0.1, 0.15) is 5.84 Å². The lowest BCUT2D eigenvalue weighted by atomic mass is 10.5. The van der Waals surface area contributed by atoms with Gasteiger partial charge in [0.05, 0.1) is 6.54 Å². The van der Waals surface area contributed by atoms with Gasteiger partial charge in [0, 0.05) is 13.2 Å². The van der Waals surface area contributed by atoms with Gasteiger partial charge in [-0.1, -0.05) is 0 Å². The third kappa shape index (κ3) is 6.36. The maximum absolute atomic E-state index is 10.6. The molecule has 0 aromatic heterocycles. The van der Waals surface area contributed by atoms with Crippen LogP contribution in [0.4, 0.5) is 0 Å². The summed E-state index contributed by atoms with van der Waals surface area (Å²) in [6.07, 6.45) is 2.82. The van der Waals surface area contributed by atoms with E-state index in [1.807, 2.05) is 0 Å². The van der Waals surface area contributed by atoms with Crippen molar-refractivity contribution >= 4 is 11.7 Å². The van der Waals surface area contributed by atoms with Gasteiger partial charge in [-0.15, -0.1) is 0 Å². The van der Waals surface area contributed by atoms with Crippen molar-refractivity contribution in [1.29, 1.82) is 5.41 Å². The van der Waals surface area contributed by atoms with Crippen molar-refractivity contribution in [3.63, 3.8) is 0 Å². The Labute approximate surface area is 65.2 Å². The van der Waals surface area contributed by atoms with Gasteiger partial charge >= 0.3 is 0 Å². The van der Waals surface area contributed by atoms with E-state index in [1.165, 1.54) is 12.3 Å². The quantitative estimate of drug-likeness (QED) is 0.303. The molecule has 0 heterocycles. The molecule has 0 bridgehead atoms. The number of carbonyl (C=O) groups is 1. The van der Waals surface area contributed by atoms with E-state index < -0.39 is 0 Å². The van der Waals surface area contributed by atoms with Crippen LogP contribution < -0.4 is 16.4 Å². The minimum atomic E-state index is -0.113. The first-order valence-corrected chi connectivity index (χ1v) is 3.11. The lowest BCUT2D eigenvalue weighted by Crippen LogP contribution is -2.28. The van der Waals surface area contributed by atoms with Crippen molar-refractivity contribution in [3.05, 3.63) is 12.3 Å². The number of amidine groups is 1. The Balaban J connectivity index is 3.41. The molecule has 0 saturated heterocycles. The molecule has 0 aromatic carbocycles. The van der Waals surface area contributed by atoms with Gasteiger partial charge in [0.25, 0.3) is 0 Å². The molecule has 0 aliphatic rings. The van der Waals surface area contributed by atoms with Crippen molar-refractivity contribution in [1.82, 2.24) is 10.6 Å². The summed E-state index contributed by atoms with van der Waals surface area (Å²) in [7, 11) is 1.55. The molecule has 0 radical (unpaired) electrons. The number of nitrogens with two attached hydrogens (primary N) is 1. The van der Waals surface area contributed by atoms with Crippen LogP contribution in [0.1, 0.15) is 0 Å². The fourth-order valence-electron chi connectivity index (χ4n) is 0.389. The SMILES string of the molecule is CNC(=O)CN/C=C\C(=N)N. The molecule has 0 spiro atoms. The van der Waals surface area contributed by atoms with Gasteiger partial charge in [-0.05, 0) is 6.08 Å². The summed E-state index contributed by atoms with van der Waals surface area (Å²) in [4.78, 5) is 10.6. The van der Waals surface area contributed by atoms with Gasteiger partial charge in [0.15, 0.2) is 0 Å². The van der Waals surface area contributed by atoms with E-state index in [-0.39, 0.29) is 18.3 Å². The molecule has 5 nitrogen and oxygen atoms in total. The lowest BCUT2D eigenvalue weighted by molar-refractivity contribution is -0.119. The normalized spacial score (nSPS) is 9.55. The van der Waals surface area contributed by atoms with Crippen LogP contribution in [0.3, 0.4) is 0 Å². The fraction of sp³-hybridized carbons (Fsp3) is 0.333. The number of amides is 1. The second-order valence-electron chi connectivity index (χ2n) is 1.84. The van der Waals surface area contributed by atoms with Crippen LogP contribution in [0.5, 0.6) is 0 Å². The molecule has 0 unspecified atom stereocenters. The molecular formula is C6H12N4O. The van der Waals surface area contributed by atoms with Gasteiger partial charge in [-0.25, -0.2) is 0 Å². The Bertz CT molecular complexity index is 175. The summed E-state index contributed by atoms with van der Waals surface area (Å²) in [5.74, 6) is -0.160. The van der Waals surface area contributed by atoms with Crippen LogP contribution in [0.15, 0.2) is 12.3 Å². The van der Waals surface area contributed by atoms with E-state index in [4.69, 9.17) is 11.1 Å². The Morgan fingerprint density at radius 3 is 2.82 bits per heavy atom. The van der Waals surface area contributed by atoms with Crippen molar-refractivity contribution in [2.75, 3.05) is 13.6 Å². The van der Waals surface area contributed by atoms with E-state index in [2.05, 4.69) is 10.6 Å². The molecule has 0 aliphatic carbocycles. The highest BCUT2D eigenvalue weighted by Crippen LogP contribution is 1.66. The molecular weight excluding hydrogens is 144 g/mol. The average molecular weight is 156 g/mol. The third-order valence-electron chi connectivity index (χ3n) is 0.922. The number of hydrogen-bond donors (Lipinski definition) is 4. The fourth-order valence-corrected chi connectivity index (χ4v) is 0.389. The first-order chi connectivity index (χ1) is 5.16. The third-order valence-corrected chi connectivity index (χ3v) is 0.922. The summed E-state index contributed by atoms with van der Waals surface area (Å²) >= 11 is 0. The molecule has 0 saturated carbocycles. The van der Waals surface area contributed by atoms with Crippen LogP contribution in [0.2, 0.25) is 0 Å². The zero-order chi connectivity index (χ0) is 8.69. The first kappa shape index (κ1) is 9.48. The summed E-state index contributed by atoms with van der Waals surface area (Å²) in [6.45, 7) is 0.195. The van der Waals surface area contributed by atoms with Crippen molar-refractivity contribution in [2.45, 2.75) is 0 Å². The molecule has 0 fully saturated rings. The highest BCUT2D eigenvalue weighted by atomic mass is 16.1. The molecule has 0 atom stereocenters. The molecule has 0 aliphatic heterocycles. The predicted octanol–water partition coefficient (Wildman–Crippen LogP) is -1.23. The smallest absolute Gasteiger partial charge is 0.239 e. The summed E-state index contributed by atoms with van der Waals surface area (Å²) in [5, 5.41) is 11.9. The standard InChI is InChI=1S/C6H12N4O/c1-9-6(11)4-10-3-2-5(7)8/h2-3,10H,4H2,1H3,(H3,7,8)(H,9,11)/b3-2-.